The Bertz CT molecular complexity index is 987. The van der Waals surface area contributed by atoms with Gasteiger partial charge in [-0.3, -0.25) is 9.59 Å². The molecule has 0 radical (unpaired) electrons. The molecule has 0 bridgehead atoms. The molecule has 3 aromatic rings. The average molecular weight is 401 g/mol. The number of rotatable bonds is 5. The van der Waals surface area contributed by atoms with Crippen molar-refractivity contribution < 1.29 is 4.79 Å². The van der Waals surface area contributed by atoms with Crippen molar-refractivity contribution in [1.82, 2.24) is 19.8 Å². The zero-order valence-electron chi connectivity index (χ0n) is 12.3. The fraction of sp³-hybridized carbons (Fsp3) is 0.214. The number of halogens is 2. The minimum absolute atomic E-state index is 0.0398. The number of nitrogens with zero attached hydrogens (tertiary/aromatic N) is 4. The molecule has 0 aliphatic carbocycles. The molecule has 2 aromatic heterocycles. The fourth-order valence-electron chi connectivity index (χ4n) is 1.90. The van der Waals surface area contributed by atoms with E-state index >= 15 is 0 Å². The van der Waals surface area contributed by atoms with Gasteiger partial charge in [0.15, 0.2) is 4.34 Å². The van der Waals surface area contributed by atoms with Gasteiger partial charge in [-0.1, -0.05) is 52.4 Å². The van der Waals surface area contributed by atoms with Gasteiger partial charge in [0, 0.05) is 6.42 Å². The van der Waals surface area contributed by atoms with E-state index < -0.39 is 0 Å². The molecule has 1 aromatic carbocycles. The van der Waals surface area contributed by atoms with Crippen LogP contribution in [0.2, 0.25) is 10.0 Å². The topological polar surface area (TPSA) is 77.2 Å². The summed E-state index contributed by atoms with van der Waals surface area (Å²) in [4.78, 5) is 23.9. The van der Waals surface area contributed by atoms with Crippen LogP contribution in [-0.2, 0) is 11.2 Å². The lowest BCUT2D eigenvalue weighted by molar-refractivity contribution is -0.114. The minimum Gasteiger partial charge on any atom is -0.299 e. The molecular formula is C14H10Cl2N4O2S2. The first-order valence-electron chi connectivity index (χ1n) is 6.75. The number of benzene rings is 1. The number of hydrogen-bond acceptors (Lipinski definition) is 7. The number of aromatic nitrogens is 4. The molecule has 0 spiro atoms. The van der Waals surface area contributed by atoms with Crippen molar-refractivity contribution in [3.05, 3.63) is 49.9 Å². The summed E-state index contributed by atoms with van der Waals surface area (Å²) < 4.78 is 1.82. The summed E-state index contributed by atoms with van der Waals surface area (Å²) in [6.45, 7) is 1.50. The van der Waals surface area contributed by atoms with Gasteiger partial charge in [-0.25, -0.2) is 0 Å². The predicted molar refractivity (Wildman–Crippen MR) is 95.6 cm³/mol. The SMILES string of the molecule is CC(=O)CSc1nn2c(=O)c(Cc3ccc(Cl)c(Cl)c3)nnc2s1. The molecule has 0 aliphatic rings. The van der Waals surface area contributed by atoms with E-state index in [0.717, 1.165) is 5.56 Å². The molecule has 0 amide bonds. The predicted octanol–water partition coefficient (Wildman–Crippen LogP) is 3.12. The molecule has 0 saturated carbocycles. The van der Waals surface area contributed by atoms with Crippen molar-refractivity contribution in [1.29, 1.82) is 0 Å². The van der Waals surface area contributed by atoms with Gasteiger partial charge in [0.25, 0.3) is 5.56 Å². The summed E-state index contributed by atoms with van der Waals surface area (Å²) >= 11 is 14.4. The van der Waals surface area contributed by atoms with E-state index in [0.29, 0.717) is 25.1 Å². The van der Waals surface area contributed by atoms with Gasteiger partial charge in [0.1, 0.15) is 11.5 Å². The molecule has 24 heavy (non-hydrogen) atoms. The highest BCUT2D eigenvalue weighted by Gasteiger charge is 2.13. The molecule has 0 atom stereocenters. The lowest BCUT2D eigenvalue weighted by Crippen LogP contribution is -2.22. The maximum atomic E-state index is 12.5. The van der Waals surface area contributed by atoms with Gasteiger partial charge >= 0.3 is 0 Å². The summed E-state index contributed by atoms with van der Waals surface area (Å²) in [6.07, 6.45) is 0.277. The van der Waals surface area contributed by atoms with Crippen molar-refractivity contribution in [3.63, 3.8) is 0 Å². The van der Waals surface area contributed by atoms with E-state index in [-0.39, 0.29) is 23.5 Å². The highest BCUT2D eigenvalue weighted by atomic mass is 35.5. The first-order chi connectivity index (χ1) is 11.4. The number of fused-ring (bicyclic) bond motifs is 1. The van der Waals surface area contributed by atoms with Gasteiger partial charge < -0.3 is 0 Å². The van der Waals surface area contributed by atoms with E-state index in [4.69, 9.17) is 23.2 Å². The molecule has 0 saturated heterocycles. The lowest BCUT2D eigenvalue weighted by Gasteiger charge is -2.02. The Hall–Kier alpha value is -1.48. The maximum Gasteiger partial charge on any atom is 0.297 e. The van der Waals surface area contributed by atoms with E-state index in [1.165, 1.54) is 34.5 Å². The standard InChI is InChI=1S/C14H10Cl2N4O2S2/c1-7(21)6-23-14-19-20-12(22)11(17-18-13(20)24-14)5-8-2-3-9(15)10(16)4-8/h2-4H,5-6H2,1H3. The molecular weight excluding hydrogens is 391 g/mol. The highest BCUT2D eigenvalue weighted by molar-refractivity contribution is 8.01. The van der Waals surface area contributed by atoms with Gasteiger partial charge in [-0.2, -0.15) is 4.52 Å². The van der Waals surface area contributed by atoms with E-state index in [1.807, 2.05) is 0 Å². The average Bonchev–Trinajstić information content (AvgIpc) is 2.96. The van der Waals surface area contributed by atoms with Crippen LogP contribution in [0.3, 0.4) is 0 Å². The highest BCUT2D eigenvalue weighted by Crippen LogP contribution is 2.24. The molecule has 0 N–H and O–H groups in total. The van der Waals surface area contributed by atoms with Crippen LogP contribution in [0.15, 0.2) is 27.3 Å². The Kier molecular flexibility index (Phi) is 5.19. The minimum atomic E-state index is -0.336. The molecule has 124 valence electrons. The quantitative estimate of drug-likeness (QED) is 0.612. The van der Waals surface area contributed by atoms with Gasteiger partial charge in [0.05, 0.1) is 15.8 Å². The first kappa shape index (κ1) is 17.3. The van der Waals surface area contributed by atoms with E-state index in [1.54, 1.807) is 18.2 Å². The van der Waals surface area contributed by atoms with Crippen LogP contribution in [-0.4, -0.2) is 31.3 Å². The molecule has 6 nitrogen and oxygen atoms in total. The number of hydrogen-bond donors (Lipinski definition) is 0. The second-order valence-electron chi connectivity index (χ2n) is 4.93. The summed E-state index contributed by atoms with van der Waals surface area (Å²) in [5.41, 5.74) is 0.730. The van der Waals surface area contributed by atoms with Crippen LogP contribution in [0.4, 0.5) is 0 Å². The van der Waals surface area contributed by atoms with Crippen LogP contribution in [0.25, 0.3) is 4.96 Å². The Balaban J connectivity index is 1.91. The molecule has 0 fully saturated rings. The molecule has 10 heteroatoms. The number of thioether (sulfide) groups is 1. The smallest absolute Gasteiger partial charge is 0.297 e. The Morgan fingerprint density at radius 3 is 2.79 bits per heavy atom. The summed E-state index contributed by atoms with van der Waals surface area (Å²) in [5, 5.41) is 13.1. The zero-order chi connectivity index (χ0) is 17.3. The first-order valence-corrected chi connectivity index (χ1v) is 9.31. The molecule has 0 unspecified atom stereocenters. The maximum absolute atomic E-state index is 12.5. The van der Waals surface area contributed by atoms with E-state index in [2.05, 4.69) is 15.3 Å². The van der Waals surface area contributed by atoms with Crippen molar-refractivity contribution >= 4 is 57.0 Å². The van der Waals surface area contributed by atoms with Crippen molar-refractivity contribution in [3.8, 4) is 0 Å². The van der Waals surface area contributed by atoms with Crippen LogP contribution in [0.5, 0.6) is 0 Å². The van der Waals surface area contributed by atoms with Crippen molar-refractivity contribution in [2.75, 3.05) is 5.75 Å². The summed E-state index contributed by atoms with van der Waals surface area (Å²) in [6, 6.07) is 5.14. The third-order valence-corrected chi connectivity index (χ3v) is 5.91. The second kappa shape index (κ2) is 7.18. The fourth-order valence-corrected chi connectivity index (χ4v) is 3.90. The Morgan fingerprint density at radius 2 is 2.08 bits per heavy atom. The third kappa shape index (κ3) is 3.77. The lowest BCUT2D eigenvalue weighted by atomic mass is 10.1. The molecule has 0 aliphatic heterocycles. The van der Waals surface area contributed by atoms with Crippen molar-refractivity contribution in [2.45, 2.75) is 17.7 Å². The van der Waals surface area contributed by atoms with Crippen molar-refractivity contribution in [2.24, 2.45) is 0 Å². The Morgan fingerprint density at radius 1 is 1.29 bits per heavy atom. The van der Waals surface area contributed by atoms with Gasteiger partial charge in [-0.15, -0.1) is 15.3 Å². The van der Waals surface area contributed by atoms with Crippen LogP contribution >= 0.6 is 46.3 Å². The van der Waals surface area contributed by atoms with E-state index in [9.17, 15) is 9.59 Å². The third-order valence-electron chi connectivity index (χ3n) is 2.99. The summed E-state index contributed by atoms with van der Waals surface area (Å²) in [7, 11) is 0. The number of carbonyl (C=O) groups is 1. The van der Waals surface area contributed by atoms with Gasteiger partial charge in [-0.05, 0) is 24.6 Å². The number of Topliss-reactive ketones (excluding diaryl/α,β-unsaturated/α-hetero) is 1. The van der Waals surface area contributed by atoms with Crippen LogP contribution in [0.1, 0.15) is 18.2 Å². The van der Waals surface area contributed by atoms with Crippen LogP contribution in [0, 0.1) is 0 Å². The second-order valence-corrected chi connectivity index (χ2v) is 7.92. The van der Waals surface area contributed by atoms with Gasteiger partial charge in [0.2, 0.25) is 4.96 Å². The molecule has 3 rings (SSSR count). The molecule has 2 heterocycles. The zero-order valence-corrected chi connectivity index (χ0v) is 15.5. The number of carbonyl (C=O) groups excluding carboxylic acids is 1. The largest absolute Gasteiger partial charge is 0.299 e. The Labute approximate surface area is 154 Å². The summed E-state index contributed by atoms with van der Waals surface area (Å²) in [5.74, 6) is 0.344. The monoisotopic (exact) mass is 400 g/mol. The van der Waals surface area contributed by atoms with Crippen LogP contribution < -0.4 is 5.56 Å². The normalized spacial score (nSPS) is 11.1. The number of ketones is 1.